The molecule has 0 radical (unpaired) electrons. The molecule has 3 saturated carbocycles. The maximum absolute atomic E-state index is 13.2. The summed E-state index contributed by atoms with van der Waals surface area (Å²) >= 11 is 0. The number of methoxy groups -OCH3 is 1. The zero-order chi connectivity index (χ0) is 17.4. The molecule has 1 aromatic rings. The molecule has 3 aliphatic carbocycles. The quantitative estimate of drug-likeness (QED) is 0.745. The van der Waals surface area contributed by atoms with Gasteiger partial charge in [0.2, 0.25) is 0 Å². The second-order valence-electron chi connectivity index (χ2n) is 8.11. The SMILES string of the molecule is COCCCN(C(=O)c1cnc(C)cn1)[C@@H]1C[C@H]2C[C@H]1[C@@H]1CCC[C@H]21. The predicted molar refractivity (Wildman–Crippen MR) is 95.1 cm³/mol. The van der Waals surface area contributed by atoms with Crippen LogP contribution in [0.4, 0.5) is 0 Å². The summed E-state index contributed by atoms with van der Waals surface area (Å²) in [6, 6.07) is 0.386. The maximum Gasteiger partial charge on any atom is 0.274 e. The zero-order valence-corrected chi connectivity index (χ0v) is 15.4. The number of aromatic nitrogens is 2. The molecule has 3 aliphatic rings. The van der Waals surface area contributed by atoms with Crippen molar-refractivity contribution in [2.45, 2.75) is 51.5 Å². The van der Waals surface area contributed by atoms with Gasteiger partial charge in [0.1, 0.15) is 5.69 Å². The molecule has 5 heteroatoms. The molecule has 0 spiro atoms. The largest absolute Gasteiger partial charge is 0.385 e. The van der Waals surface area contributed by atoms with Crippen LogP contribution in [0.1, 0.15) is 54.7 Å². The molecular weight excluding hydrogens is 314 g/mol. The summed E-state index contributed by atoms with van der Waals surface area (Å²) < 4.78 is 5.22. The lowest BCUT2D eigenvalue weighted by molar-refractivity contribution is 0.0487. The van der Waals surface area contributed by atoms with Gasteiger partial charge in [0.15, 0.2) is 0 Å². The van der Waals surface area contributed by atoms with Gasteiger partial charge in [-0.15, -0.1) is 0 Å². The van der Waals surface area contributed by atoms with Gasteiger partial charge in [0.05, 0.1) is 11.9 Å². The molecule has 3 fully saturated rings. The van der Waals surface area contributed by atoms with Gasteiger partial charge in [-0.1, -0.05) is 6.42 Å². The van der Waals surface area contributed by atoms with Crippen LogP contribution in [0.5, 0.6) is 0 Å². The standard InChI is InChI=1S/C20H29N3O2/c1-13-11-22-18(12-21-13)20(24)23(7-4-8-25-2)19-10-14-9-17(19)16-6-3-5-15(14)16/h11-12,14-17,19H,3-10H2,1-2H3/t14-,15-,16-,17+,19-/m1/s1. The molecule has 5 nitrogen and oxygen atoms in total. The summed E-state index contributed by atoms with van der Waals surface area (Å²) in [5.74, 6) is 3.38. The van der Waals surface area contributed by atoms with E-state index in [9.17, 15) is 4.79 Å². The Morgan fingerprint density at radius 2 is 2.04 bits per heavy atom. The van der Waals surface area contributed by atoms with Crippen molar-refractivity contribution < 1.29 is 9.53 Å². The fraction of sp³-hybridized carbons (Fsp3) is 0.750. The number of fused-ring (bicyclic) bond motifs is 5. The van der Waals surface area contributed by atoms with Crippen LogP contribution in [0.25, 0.3) is 0 Å². The third-order valence-corrected chi connectivity index (χ3v) is 6.80. The molecule has 25 heavy (non-hydrogen) atoms. The number of carbonyl (C=O) groups is 1. The van der Waals surface area contributed by atoms with Crippen molar-refractivity contribution in [1.82, 2.24) is 14.9 Å². The first kappa shape index (κ1) is 17.0. The first-order valence-corrected chi connectivity index (χ1v) is 9.77. The number of amides is 1. The number of nitrogens with zero attached hydrogens (tertiary/aromatic N) is 3. The Balaban J connectivity index is 1.54. The van der Waals surface area contributed by atoms with Gasteiger partial charge in [-0.3, -0.25) is 9.78 Å². The van der Waals surface area contributed by atoms with Crippen molar-refractivity contribution in [2.75, 3.05) is 20.3 Å². The van der Waals surface area contributed by atoms with E-state index in [0.29, 0.717) is 24.3 Å². The van der Waals surface area contributed by atoms with Crippen LogP contribution >= 0.6 is 0 Å². The first-order valence-electron chi connectivity index (χ1n) is 9.77. The van der Waals surface area contributed by atoms with Crippen molar-refractivity contribution in [2.24, 2.45) is 23.7 Å². The first-order chi connectivity index (χ1) is 12.2. The highest BCUT2D eigenvalue weighted by atomic mass is 16.5. The topological polar surface area (TPSA) is 55.3 Å². The summed E-state index contributed by atoms with van der Waals surface area (Å²) in [5, 5.41) is 0. The molecular formula is C20H29N3O2. The molecule has 2 bridgehead atoms. The van der Waals surface area contributed by atoms with Crippen molar-refractivity contribution >= 4 is 5.91 Å². The monoisotopic (exact) mass is 343 g/mol. The highest BCUT2D eigenvalue weighted by molar-refractivity contribution is 5.92. The summed E-state index contributed by atoms with van der Waals surface area (Å²) in [5.41, 5.74) is 1.32. The van der Waals surface area contributed by atoms with Gasteiger partial charge in [-0.05, 0) is 62.7 Å². The Kier molecular flexibility index (Phi) is 4.76. The lowest BCUT2D eigenvalue weighted by Crippen LogP contribution is -2.47. The molecule has 0 unspecified atom stereocenters. The zero-order valence-electron chi connectivity index (χ0n) is 15.4. The summed E-state index contributed by atoms with van der Waals surface area (Å²) in [6.07, 6.45) is 10.9. The minimum absolute atomic E-state index is 0.0516. The Labute approximate surface area is 150 Å². The van der Waals surface area contributed by atoms with Crippen molar-refractivity contribution in [3.05, 3.63) is 23.8 Å². The molecule has 0 aliphatic heterocycles. The highest BCUT2D eigenvalue weighted by Crippen LogP contribution is 2.59. The number of aryl methyl sites for hydroxylation is 1. The average Bonchev–Trinajstić information content (AvgIpc) is 3.31. The van der Waals surface area contributed by atoms with E-state index in [-0.39, 0.29) is 5.91 Å². The fourth-order valence-electron chi connectivity index (χ4n) is 5.84. The van der Waals surface area contributed by atoms with Gasteiger partial charge >= 0.3 is 0 Å². The highest BCUT2D eigenvalue weighted by Gasteiger charge is 2.55. The smallest absolute Gasteiger partial charge is 0.274 e. The molecule has 0 saturated heterocycles. The lowest BCUT2D eigenvalue weighted by atomic mass is 9.78. The van der Waals surface area contributed by atoms with Crippen molar-refractivity contribution in [1.29, 1.82) is 0 Å². The number of hydrogen-bond acceptors (Lipinski definition) is 4. The van der Waals surface area contributed by atoms with Crippen LogP contribution in [0.2, 0.25) is 0 Å². The van der Waals surface area contributed by atoms with Crippen molar-refractivity contribution in [3.8, 4) is 0 Å². The Morgan fingerprint density at radius 1 is 1.20 bits per heavy atom. The van der Waals surface area contributed by atoms with Crippen LogP contribution in [0.15, 0.2) is 12.4 Å². The van der Waals surface area contributed by atoms with Crippen LogP contribution in [0.3, 0.4) is 0 Å². The van der Waals surface area contributed by atoms with E-state index in [0.717, 1.165) is 36.4 Å². The second kappa shape index (κ2) is 7.02. The van der Waals surface area contributed by atoms with Crippen LogP contribution < -0.4 is 0 Å². The minimum atomic E-state index is 0.0516. The van der Waals surface area contributed by atoms with Crippen LogP contribution in [0, 0.1) is 30.6 Å². The Bertz CT molecular complexity index is 618. The lowest BCUT2D eigenvalue weighted by Gasteiger charge is -2.39. The van der Waals surface area contributed by atoms with E-state index in [1.165, 1.54) is 32.1 Å². The normalized spacial score (nSPS) is 32.8. The Morgan fingerprint density at radius 3 is 2.80 bits per heavy atom. The van der Waals surface area contributed by atoms with E-state index < -0.39 is 0 Å². The van der Waals surface area contributed by atoms with E-state index in [1.54, 1.807) is 19.5 Å². The van der Waals surface area contributed by atoms with Gasteiger partial charge in [0, 0.05) is 32.5 Å². The number of ether oxygens (including phenoxy) is 1. The molecule has 0 aromatic carbocycles. The molecule has 136 valence electrons. The Hall–Kier alpha value is -1.49. The van der Waals surface area contributed by atoms with Crippen molar-refractivity contribution in [3.63, 3.8) is 0 Å². The van der Waals surface area contributed by atoms with E-state index in [4.69, 9.17) is 4.74 Å². The maximum atomic E-state index is 13.2. The van der Waals surface area contributed by atoms with Gasteiger partial charge < -0.3 is 9.64 Å². The number of rotatable bonds is 6. The third kappa shape index (κ3) is 3.07. The number of carbonyl (C=O) groups excluding carboxylic acids is 1. The molecule has 1 heterocycles. The molecule has 1 aromatic heterocycles. The molecule has 0 N–H and O–H groups in total. The van der Waals surface area contributed by atoms with Gasteiger partial charge in [0.25, 0.3) is 5.91 Å². The molecule has 4 rings (SSSR count). The molecule has 1 amide bonds. The average molecular weight is 343 g/mol. The van der Waals surface area contributed by atoms with Gasteiger partial charge in [-0.25, -0.2) is 4.98 Å². The number of hydrogen-bond donors (Lipinski definition) is 0. The fourth-order valence-corrected chi connectivity index (χ4v) is 5.84. The summed E-state index contributed by atoms with van der Waals surface area (Å²) in [6.45, 7) is 3.34. The van der Waals surface area contributed by atoms with E-state index in [2.05, 4.69) is 14.9 Å². The van der Waals surface area contributed by atoms with Crippen LogP contribution in [-0.2, 0) is 4.74 Å². The summed E-state index contributed by atoms with van der Waals surface area (Å²) in [7, 11) is 1.72. The predicted octanol–water partition coefficient (Wildman–Crippen LogP) is 3.09. The molecule has 5 atom stereocenters. The van der Waals surface area contributed by atoms with Gasteiger partial charge in [-0.2, -0.15) is 0 Å². The third-order valence-electron chi connectivity index (χ3n) is 6.80. The minimum Gasteiger partial charge on any atom is -0.385 e. The van der Waals surface area contributed by atoms with Crippen LogP contribution in [-0.4, -0.2) is 47.1 Å². The second-order valence-corrected chi connectivity index (χ2v) is 8.11. The summed E-state index contributed by atoms with van der Waals surface area (Å²) in [4.78, 5) is 23.9. The van der Waals surface area contributed by atoms with E-state index in [1.807, 2.05) is 6.92 Å². The van der Waals surface area contributed by atoms with E-state index >= 15 is 0 Å².